The fraction of sp³-hybridized carbons (Fsp3) is 0.765. The third-order valence-corrected chi connectivity index (χ3v) is 4.33. The van der Waals surface area contributed by atoms with Gasteiger partial charge in [-0.3, -0.25) is 0 Å². The quantitative estimate of drug-likeness (QED) is 0.749. The summed E-state index contributed by atoms with van der Waals surface area (Å²) >= 11 is 0. The van der Waals surface area contributed by atoms with E-state index in [-0.39, 0.29) is 11.6 Å². The number of hydrogen-bond acceptors (Lipinski definition) is 3. The van der Waals surface area contributed by atoms with E-state index in [4.69, 9.17) is 9.15 Å². The van der Waals surface area contributed by atoms with Gasteiger partial charge in [0.2, 0.25) is 0 Å². The van der Waals surface area contributed by atoms with Crippen molar-refractivity contribution >= 4 is 0 Å². The van der Waals surface area contributed by atoms with Crippen molar-refractivity contribution in [3.63, 3.8) is 0 Å². The Labute approximate surface area is 123 Å². The summed E-state index contributed by atoms with van der Waals surface area (Å²) in [5.74, 6) is 1.02. The molecular weight excluding hydrogens is 250 g/mol. The highest BCUT2D eigenvalue weighted by atomic mass is 16.5. The monoisotopic (exact) mass is 279 g/mol. The van der Waals surface area contributed by atoms with Gasteiger partial charge in [-0.05, 0) is 44.9 Å². The van der Waals surface area contributed by atoms with Gasteiger partial charge in [-0.15, -0.1) is 0 Å². The third-order valence-electron chi connectivity index (χ3n) is 4.33. The van der Waals surface area contributed by atoms with E-state index in [0.717, 1.165) is 38.2 Å². The van der Waals surface area contributed by atoms with Crippen molar-refractivity contribution in [3.8, 4) is 0 Å². The second-order valence-corrected chi connectivity index (χ2v) is 5.81. The van der Waals surface area contributed by atoms with Gasteiger partial charge in [0.1, 0.15) is 5.76 Å². The van der Waals surface area contributed by atoms with Crippen LogP contribution in [0.5, 0.6) is 0 Å². The van der Waals surface area contributed by atoms with Gasteiger partial charge in [-0.1, -0.05) is 32.6 Å². The van der Waals surface area contributed by atoms with E-state index in [1.807, 2.05) is 6.07 Å². The zero-order valence-corrected chi connectivity index (χ0v) is 13.0. The highest BCUT2D eigenvalue weighted by Gasteiger charge is 2.41. The molecule has 1 heterocycles. The van der Waals surface area contributed by atoms with Crippen LogP contribution in [0.1, 0.15) is 70.6 Å². The molecule has 20 heavy (non-hydrogen) atoms. The normalized spacial score (nSPS) is 20.5. The van der Waals surface area contributed by atoms with E-state index >= 15 is 0 Å². The average Bonchev–Trinajstić information content (AvgIpc) is 2.87. The lowest BCUT2D eigenvalue weighted by molar-refractivity contribution is -0.0823. The smallest absolute Gasteiger partial charge is 0.123 e. The molecule has 3 heteroatoms. The number of rotatable bonds is 7. The minimum absolute atomic E-state index is 0.0989. The number of furan rings is 1. The summed E-state index contributed by atoms with van der Waals surface area (Å²) in [7, 11) is 0. The molecule has 1 aromatic heterocycles. The van der Waals surface area contributed by atoms with E-state index in [0.29, 0.717) is 0 Å². The molecule has 1 fully saturated rings. The van der Waals surface area contributed by atoms with Crippen LogP contribution in [0.15, 0.2) is 22.8 Å². The summed E-state index contributed by atoms with van der Waals surface area (Å²) in [5, 5.41) is 3.68. The summed E-state index contributed by atoms with van der Waals surface area (Å²) in [6, 6.07) is 4.24. The second kappa shape index (κ2) is 7.84. The first-order valence-corrected chi connectivity index (χ1v) is 8.23. The van der Waals surface area contributed by atoms with Crippen molar-refractivity contribution in [3.05, 3.63) is 24.2 Å². The minimum Gasteiger partial charge on any atom is -0.468 e. The third kappa shape index (κ3) is 3.64. The van der Waals surface area contributed by atoms with Crippen LogP contribution < -0.4 is 5.32 Å². The van der Waals surface area contributed by atoms with Crippen LogP contribution in [0.25, 0.3) is 0 Å². The van der Waals surface area contributed by atoms with Gasteiger partial charge in [0.05, 0.1) is 17.9 Å². The molecule has 1 N–H and O–H groups in total. The van der Waals surface area contributed by atoms with Crippen LogP contribution in [0.2, 0.25) is 0 Å². The van der Waals surface area contributed by atoms with Crippen LogP contribution in [0, 0.1) is 0 Å². The molecule has 3 nitrogen and oxygen atoms in total. The summed E-state index contributed by atoms with van der Waals surface area (Å²) < 4.78 is 12.0. The molecule has 0 aliphatic heterocycles. The Bertz CT molecular complexity index is 353. The van der Waals surface area contributed by atoms with Crippen LogP contribution in [-0.2, 0) is 4.74 Å². The van der Waals surface area contributed by atoms with Crippen LogP contribution in [0.3, 0.4) is 0 Å². The molecule has 1 aromatic rings. The predicted octanol–water partition coefficient (Wildman–Crippen LogP) is 4.45. The lowest BCUT2D eigenvalue weighted by atomic mass is 9.84. The van der Waals surface area contributed by atoms with Gasteiger partial charge in [0.25, 0.3) is 0 Å². The fourth-order valence-corrected chi connectivity index (χ4v) is 3.42. The van der Waals surface area contributed by atoms with Crippen LogP contribution >= 0.6 is 0 Å². The molecule has 1 aliphatic carbocycles. The first-order valence-electron chi connectivity index (χ1n) is 8.23. The van der Waals surface area contributed by atoms with Gasteiger partial charge in [0, 0.05) is 6.61 Å². The zero-order valence-electron chi connectivity index (χ0n) is 13.0. The van der Waals surface area contributed by atoms with E-state index in [9.17, 15) is 0 Å². The SMILES string of the molecule is CCCNC(c1ccco1)C1(OCC)CCCCCC1. The summed E-state index contributed by atoms with van der Waals surface area (Å²) in [4.78, 5) is 0. The van der Waals surface area contributed by atoms with Gasteiger partial charge >= 0.3 is 0 Å². The van der Waals surface area contributed by atoms with E-state index in [1.54, 1.807) is 6.26 Å². The van der Waals surface area contributed by atoms with Crippen molar-refractivity contribution in [2.24, 2.45) is 0 Å². The lowest BCUT2D eigenvalue weighted by Crippen LogP contribution is -2.46. The van der Waals surface area contributed by atoms with Crippen molar-refractivity contribution in [1.82, 2.24) is 5.32 Å². The van der Waals surface area contributed by atoms with Crippen molar-refractivity contribution < 1.29 is 9.15 Å². The molecule has 0 spiro atoms. The molecule has 1 saturated carbocycles. The Morgan fingerprint density at radius 1 is 1.25 bits per heavy atom. The maximum Gasteiger partial charge on any atom is 0.123 e. The Morgan fingerprint density at radius 3 is 2.55 bits per heavy atom. The Balaban J connectivity index is 2.24. The summed E-state index contributed by atoms with van der Waals surface area (Å²) in [5.41, 5.74) is -0.0989. The Morgan fingerprint density at radius 2 is 2.00 bits per heavy atom. The molecule has 0 radical (unpaired) electrons. The number of hydrogen-bond donors (Lipinski definition) is 1. The zero-order chi connectivity index (χ0) is 14.3. The first kappa shape index (κ1) is 15.6. The van der Waals surface area contributed by atoms with Crippen LogP contribution in [0.4, 0.5) is 0 Å². The summed E-state index contributed by atoms with van der Waals surface area (Å²) in [6.07, 6.45) is 10.3. The molecular formula is C17H29NO2. The van der Waals surface area contributed by atoms with Gasteiger partial charge in [-0.25, -0.2) is 0 Å². The highest BCUT2D eigenvalue weighted by Crippen LogP contribution is 2.40. The Kier molecular flexibility index (Phi) is 6.11. The first-order chi connectivity index (χ1) is 9.82. The van der Waals surface area contributed by atoms with E-state index < -0.39 is 0 Å². The standard InChI is InChI=1S/C17H29NO2/c1-3-13-18-16(15-10-9-14-19-15)17(20-4-2)11-7-5-6-8-12-17/h9-10,14,16,18H,3-8,11-13H2,1-2H3. The van der Waals surface area contributed by atoms with Gasteiger partial charge < -0.3 is 14.5 Å². The topological polar surface area (TPSA) is 34.4 Å². The fourth-order valence-electron chi connectivity index (χ4n) is 3.42. The molecule has 1 unspecified atom stereocenters. The predicted molar refractivity (Wildman–Crippen MR) is 81.8 cm³/mol. The van der Waals surface area contributed by atoms with Crippen LogP contribution in [-0.4, -0.2) is 18.8 Å². The van der Waals surface area contributed by atoms with E-state index in [2.05, 4.69) is 25.2 Å². The molecule has 0 amide bonds. The molecule has 0 saturated heterocycles. The average molecular weight is 279 g/mol. The summed E-state index contributed by atoms with van der Waals surface area (Å²) in [6.45, 7) is 6.07. The largest absolute Gasteiger partial charge is 0.468 e. The van der Waals surface area contributed by atoms with Crippen molar-refractivity contribution in [2.75, 3.05) is 13.2 Å². The number of ether oxygens (including phenoxy) is 1. The molecule has 0 aromatic carbocycles. The lowest BCUT2D eigenvalue weighted by Gasteiger charge is -2.39. The van der Waals surface area contributed by atoms with E-state index in [1.165, 1.54) is 25.7 Å². The molecule has 2 rings (SSSR count). The maximum absolute atomic E-state index is 6.31. The maximum atomic E-state index is 6.31. The number of nitrogens with one attached hydrogen (secondary N) is 1. The molecule has 1 atom stereocenters. The molecule has 114 valence electrons. The van der Waals surface area contributed by atoms with Crippen molar-refractivity contribution in [2.45, 2.75) is 70.4 Å². The molecule has 0 bridgehead atoms. The van der Waals surface area contributed by atoms with Gasteiger partial charge in [0.15, 0.2) is 0 Å². The van der Waals surface area contributed by atoms with Gasteiger partial charge in [-0.2, -0.15) is 0 Å². The minimum atomic E-state index is -0.0989. The van der Waals surface area contributed by atoms with Crippen molar-refractivity contribution in [1.29, 1.82) is 0 Å². The molecule has 1 aliphatic rings. The second-order valence-electron chi connectivity index (χ2n) is 5.81. The highest BCUT2D eigenvalue weighted by molar-refractivity contribution is 5.12. The Hall–Kier alpha value is -0.800.